The van der Waals surface area contributed by atoms with Crippen LogP contribution in [0.5, 0.6) is 0 Å². The first-order chi connectivity index (χ1) is 12.9. The number of carbonyl (C=O) groups is 2. The maximum Gasteiger partial charge on any atom is 0.317 e. The maximum absolute atomic E-state index is 15.1. The molecule has 0 bridgehead atoms. The zero-order chi connectivity index (χ0) is 19.4. The fourth-order valence-electron chi connectivity index (χ4n) is 3.85. The molecule has 2 aliphatic heterocycles. The molecule has 1 unspecified atom stereocenters. The number of carbonyl (C=O) groups excluding carboxylic acids is 2. The zero-order valence-electron chi connectivity index (χ0n) is 15.7. The first-order valence-electron chi connectivity index (χ1n) is 9.65. The number of nitrogens with zero attached hydrogens (tertiary/aromatic N) is 2. The summed E-state index contributed by atoms with van der Waals surface area (Å²) in [6, 6.07) is 7.09. The number of halogens is 2. The summed E-state index contributed by atoms with van der Waals surface area (Å²) in [5.74, 6) is 0.120. The Balaban J connectivity index is 1.46. The van der Waals surface area contributed by atoms with E-state index in [9.17, 15) is 9.59 Å². The van der Waals surface area contributed by atoms with Crippen molar-refractivity contribution < 1.29 is 14.0 Å². The molecule has 1 aromatic rings. The minimum absolute atomic E-state index is 0.0147. The van der Waals surface area contributed by atoms with Gasteiger partial charge in [0, 0.05) is 50.1 Å². The van der Waals surface area contributed by atoms with Gasteiger partial charge in [0.15, 0.2) is 0 Å². The van der Waals surface area contributed by atoms with E-state index < -0.39 is 5.67 Å². The third kappa shape index (κ3) is 5.12. The monoisotopic (exact) mass is 395 g/mol. The molecular weight excluding hydrogens is 369 g/mol. The van der Waals surface area contributed by atoms with Crippen LogP contribution in [0.2, 0.25) is 5.02 Å². The Labute approximate surface area is 164 Å². The Morgan fingerprint density at radius 2 is 1.85 bits per heavy atom. The maximum atomic E-state index is 15.1. The zero-order valence-corrected chi connectivity index (χ0v) is 16.5. The minimum atomic E-state index is -1.29. The molecule has 3 amide bonds. The standard InChI is InChI=1S/C20H27ClFN3O2/c1-2-18(26)25-10-7-17(14-25)23-19(27)24-11-8-20(22,9-12-24)13-15-3-5-16(21)6-4-15/h3-6,17H,2,7-14H2,1H3,(H,23,27). The molecule has 2 aliphatic rings. The first-order valence-corrected chi connectivity index (χ1v) is 10.0. The van der Waals surface area contributed by atoms with Crippen molar-refractivity contribution in [3.63, 3.8) is 0 Å². The van der Waals surface area contributed by atoms with Gasteiger partial charge in [-0.3, -0.25) is 4.79 Å². The van der Waals surface area contributed by atoms with Gasteiger partial charge in [0.1, 0.15) is 5.67 Å². The molecule has 27 heavy (non-hydrogen) atoms. The Hall–Kier alpha value is -1.82. The molecule has 0 saturated carbocycles. The van der Waals surface area contributed by atoms with E-state index in [-0.39, 0.29) is 18.0 Å². The summed E-state index contributed by atoms with van der Waals surface area (Å²) in [4.78, 5) is 27.7. The molecule has 1 N–H and O–H groups in total. The van der Waals surface area contributed by atoms with Crippen molar-refractivity contribution >= 4 is 23.5 Å². The molecular formula is C20H27ClFN3O2. The molecule has 0 spiro atoms. The van der Waals surface area contributed by atoms with E-state index in [1.807, 2.05) is 19.1 Å². The van der Waals surface area contributed by atoms with Crippen LogP contribution < -0.4 is 5.32 Å². The highest BCUT2D eigenvalue weighted by Crippen LogP contribution is 2.31. The van der Waals surface area contributed by atoms with Gasteiger partial charge >= 0.3 is 6.03 Å². The fourth-order valence-corrected chi connectivity index (χ4v) is 3.98. The molecule has 0 radical (unpaired) electrons. The summed E-state index contributed by atoms with van der Waals surface area (Å²) >= 11 is 5.88. The number of benzene rings is 1. The summed E-state index contributed by atoms with van der Waals surface area (Å²) in [7, 11) is 0. The Kier molecular flexibility index (Phi) is 6.25. The second kappa shape index (κ2) is 8.46. The number of rotatable bonds is 4. The summed E-state index contributed by atoms with van der Waals surface area (Å²) in [5.41, 5.74) is -0.367. The number of nitrogens with one attached hydrogen (secondary N) is 1. The SMILES string of the molecule is CCC(=O)N1CCC(NC(=O)N2CCC(F)(Cc3ccc(Cl)cc3)CC2)C1. The van der Waals surface area contributed by atoms with Crippen LogP contribution in [-0.2, 0) is 11.2 Å². The highest BCUT2D eigenvalue weighted by molar-refractivity contribution is 6.30. The quantitative estimate of drug-likeness (QED) is 0.849. The van der Waals surface area contributed by atoms with Gasteiger partial charge in [0.2, 0.25) is 5.91 Å². The Bertz CT molecular complexity index is 674. The van der Waals surface area contributed by atoms with Gasteiger partial charge in [-0.25, -0.2) is 9.18 Å². The largest absolute Gasteiger partial charge is 0.341 e. The van der Waals surface area contributed by atoms with Gasteiger partial charge in [0.05, 0.1) is 0 Å². The molecule has 1 aromatic carbocycles. The van der Waals surface area contributed by atoms with Crippen molar-refractivity contribution in [1.82, 2.24) is 15.1 Å². The second-order valence-electron chi connectivity index (χ2n) is 7.57. The van der Waals surface area contributed by atoms with Gasteiger partial charge < -0.3 is 15.1 Å². The number of hydrogen-bond acceptors (Lipinski definition) is 2. The number of urea groups is 1. The highest BCUT2D eigenvalue weighted by Gasteiger charge is 2.37. The van der Waals surface area contributed by atoms with Crippen LogP contribution in [0.15, 0.2) is 24.3 Å². The summed E-state index contributed by atoms with van der Waals surface area (Å²) in [6.07, 6.45) is 2.26. The lowest BCUT2D eigenvalue weighted by atomic mass is 9.87. The number of amides is 3. The topological polar surface area (TPSA) is 52.7 Å². The normalized spacial score (nSPS) is 22.0. The Morgan fingerprint density at radius 1 is 1.19 bits per heavy atom. The number of piperidine rings is 1. The van der Waals surface area contributed by atoms with E-state index in [2.05, 4.69) is 5.32 Å². The van der Waals surface area contributed by atoms with Gasteiger partial charge in [-0.1, -0.05) is 30.7 Å². The van der Waals surface area contributed by atoms with Crippen LogP contribution in [0, 0.1) is 0 Å². The lowest BCUT2D eigenvalue weighted by Gasteiger charge is -2.37. The van der Waals surface area contributed by atoms with E-state index in [1.165, 1.54) is 0 Å². The molecule has 0 aromatic heterocycles. The summed E-state index contributed by atoms with van der Waals surface area (Å²) in [5, 5.41) is 3.64. The van der Waals surface area contributed by atoms with Crippen molar-refractivity contribution in [3.05, 3.63) is 34.9 Å². The highest BCUT2D eigenvalue weighted by atomic mass is 35.5. The van der Waals surface area contributed by atoms with E-state index in [4.69, 9.17) is 11.6 Å². The summed E-state index contributed by atoms with van der Waals surface area (Å²) in [6.45, 7) is 3.90. The van der Waals surface area contributed by atoms with E-state index in [1.54, 1.807) is 21.9 Å². The van der Waals surface area contributed by atoms with Crippen molar-refractivity contribution in [2.75, 3.05) is 26.2 Å². The van der Waals surface area contributed by atoms with Gasteiger partial charge in [-0.15, -0.1) is 0 Å². The number of alkyl halides is 1. The van der Waals surface area contributed by atoms with Crippen LogP contribution >= 0.6 is 11.6 Å². The van der Waals surface area contributed by atoms with E-state index in [0.717, 1.165) is 12.0 Å². The fraction of sp³-hybridized carbons (Fsp3) is 0.600. The van der Waals surface area contributed by atoms with E-state index >= 15 is 4.39 Å². The third-order valence-electron chi connectivity index (χ3n) is 5.55. The molecule has 2 saturated heterocycles. The Morgan fingerprint density at radius 3 is 2.48 bits per heavy atom. The average molecular weight is 396 g/mol. The smallest absolute Gasteiger partial charge is 0.317 e. The lowest BCUT2D eigenvalue weighted by molar-refractivity contribution is -0.129. The van der Waals surface area contributed by atoms with Crippen molar-refractivity contribution in [2.24, 2.45) is 0 Å². The van der Waals surface area contributed by atoms with Crippen LogP contribution in [0.3, 0.4) is 0 Å². The van der Waals surface area contributed by atoms with Gasteiger partial charge in [-0.2, -0.15) is 0 Å². The predicted molar refractivity (Wildman–Crippen MR) is 104 cm³/mol. The van der Waals surface area contributed by atoms with Crippen molar-refractivity contribution in [1.29, 1.82) is 0 Å². The number of likely N-dealkylation sites (tertiary alicyclic amines) is 2. The van der Waals surface area contributed by atoms with E-state index in [0.29, 0.717) is 56.9 Å². The molecule has 5 nitrogen and oxygen atoms in total. The predicted octanol–water partition coefficient (Wildman–Crippen LogP) is 3.41. The number of hydrogen-bond donors (Lipinski definition) is 1. The average Bonchev–Trinajstić information content (AvgIpc) is 3.12. The molecule has 148 valence electrons. The van der Waals surface area contributed by atoms with Gasteiger partial charge in [0.25, 0.3) is 0 Å². The van der Waals surface area contributed by atoms with Crippen LogP contribution in [-0.4, -0.2) is 59.6 Å². The van der Waals surface area contributed by atoms with Crippen LogP contribution in [0.25, 0.3) is 0 Å². The molecule has 3 rings (SSSR count). The molecule has 7 heteroatoms. The molecule has 0 aliphatic carbocycles. The molecule has 1 atom stereocenters. The van der Waals surface area contributed by atoms with Crippen molar-refractivity contribution in [3.8, 4) is 0 Å². The molecule has 2 heterocycles. The summed E-state index contributed by atoms with van der Waals surface area (Å²) < 4.78 is 15.1. The third-order valence-corrected chi connectivity index (χ3v) is 5.80. The second-order valence-corrected chi connectivity index (χ2v) is 8.01. The lowest BCUT2D eigenvalue weighted by Crippen LogP contribution is -2.51. The van der Waals surface area contributed by atoms with Crippen LogP contribution in [0.1, 0.15) is 38.2 Å². The molecule has 2 fully saturated rings. The van der Waals surface area contributed by atoms with Crippen LogP contribution in [0.4, 0.5) is 9.18 Å². The van der Waals surface area contributed by atoms with Gasteiger partial charge in [-0.05, 0) is 37.0 Å². The minimum Gasteiger partial charge on any atom is -0.341 e. The van der Waals surface area contributed by atoms with Crippen molar-refractivity contribution in [2.45, 2.75) is 50.7 Å². The first kappa shape index (κ1) is 19.9.